The molecule has 0 saturated carbocycles. The molecule has 0 saturated heterocycles. The number of carbonyl (C=O) groups is 1. The maximum Gasteiger partial charge on any atom is 1.00 e. The molecule has 0 aliphatic rings. The molecule has 0 N–H and O–H groups in total. The number of fused-ring (bicyclic) bond motifs is 1. The Labute approximate surface area is 137 Å². The van der Waals surface area contributed by atoms with Gasteiger partial charge in [0.2, 0.25) is 0 Å². The Morgan fingerprint density at radius 2 is 1.75 bits per heavy atom. The molecular weight excluding hydrogens is 227 g/mol. The minimum absolute atomic E-state index is 0. The molecule has 0 amide bonds. The van der Waals surface area contributed by atoms with Crippen molar-refractivity contribution in [2.45, 2.75) is 12.8 Å². The van der Waals surface area contributed by atoms with Gasteiger partial charge in [0.25, 0.3) is 0 Å². The summed E-state index contributed by atoms with van der Waals surface area (Å²) in [5.74, 6) is -0.997. The summed E-state index contributed by atoms with van der Waals surface area (Å²) in [7, 11) is 0. The van der Waals surface area contributed by atoms with Crippen LogP contribution in [0.4, 0.5) is 0 Å². The maximum absolute atomic E-state index is 10.4. The van der Waals surface area contributed by atoms with Gasteiger partial charge in [-0.05, 0) is 29.2 Å². The number of rotatable bonds is 3. The molecule has 16 heavy (non-hydrogen) atoms. The van der Waals surface area contributed by atoms with E-state index in [1.54, 1.807) is 0 Å². The van der Waals surface area contributed by atoms with E-state index in [1.165, 1.54) is 0 Å². The third kappa shape index (κ3) is 3.40. The van der Waals surface area contributed by atoms with E-state index in [1.807, 2.05) is 42.5 Å². The number of aryl methyl sites for hydroxylation is 1. The number of carboxylic acid groups (broad SMARTS) is 1. The van der Waals surface area contributed by atoms with Gasteiger partial charge in [0.15, 0.2) is 0 Å². The van der Waals surface area contributed by atoms with Crippen LogP contribution in [0.5, 0.6) is 0 Å². The minimum atomic E-state index is -0.997. The van der Waals surface area contributed by atoms with Crippen molar-refractivity contribution in [1.29, 1.82) is 0 Å². The Morgan fingerprint density at radius 3 is 2.50 bits per heavy atom. The zero-order valence-corrected chi connectivity index (χ0v) is 12.4. The van der Waals surface area contributed by atoms with Gasteiger partial charge in [0.1, 0.15) is 0 Å². The third-order valence-electron chi connectivity index (χ3n) is 2.48. The van der Waals surface area contributed by atoms with Crippen LogP contribution in [-0.2, 0) is 11.2 Å². The predicted octanol–water partition coefficient (Wildman–Crippen LogP) is -1.47. The third-order valence-corrected chi connectivity index (χ3v) is 2.48. The molecule has 0 radical (unpaired) electrons. The van der Waals surface area contributed by atoms with Crippen molar-refractivity contribution >= 4 is 16.7 Å². The predicted molar refractivity (Wildman–Crippen MR) is 57.3 cm³/mol. The zero-order valence-electron chi connectivity index (χ0n) is 9.27. The smallest absolute Gasteiger partial charge is 0.550 e. The molecule has 0 spiro atoms. The first-order chi connectivity index (χ1) is 7.27. The Hall–Kier alpha value is -0.194. The normalized spacial score (nSPS) is 9.75. The summed E-state index contributed by atoms with van der Waals surface area (Å²) in [6.45, 7) is 0. The van der Waals surface area contributed by atoms with Crippen molar-refractivity contribution in [3.63, 3.8) is 0 Å². The van der Waals surface area contributed by atoms with E-state index >= 15 is 0 Å². The van der Waals surface area contributed by atoms with Gasteiger partial charge in [-0.25, -0.2) is 0 Å². The van der Waals surface area contributed by atoms with Gasteiger partial charge in [-0.2, -0.15) is 0 Å². The summed E-state index contributed by atoms with van der Waals surface area (Å²) >= 11 is 0. The van der Waals surface area contributed by atoms with Crippen LogP contribution in [0.25, 0.3) is 10.8 Å². The van der Waals surface area contributed by atoms with Crippen molar-refractivity contribution in [2.24, 2.45) is 0 Å². The summed E-state index contributed by atoms with van der Waals surface area (Å²) in [5, 5.41) is 12.7. The Balaban J connectivity index is 0.00000128. The average molecular weight is 238 g/mol. The number of hydrogen-bond donors (Lipinski definition) is 0. The van der Waals surface area contributed by atoms with Crippen LogP contribution in [0.2, 0.25) is 0 Å². The van der Waals surface area contributed by atoms with Crippen LogP contribution < -0.4 is 56.5 Å². The molecule has 0 heterocycles. The quantitative estimate of drug-likeness (QED) is 0.612. The molecule has 0 fully saturated rings. The Kier molecular flexibility index (Phi) is 5.65. The molecule has 2 nitrogen and oxygen atoms in total. The first kappa shape index (κ1) is 13.9. The van der Waals surface area contributed by atoms with Crippen molar-refractivity contribution in [3.8, 4) is 0 Å². The van der Waals surface area contributed by atoms with E-state index in [0.717, 1.165) is 16.3 Å². The Morgan fingerprint density at radius 1 is 1.06 bits per heavy atom. The van der Waals surface area contributed by atoms with Crippen molar-refractivity contribution in [2.75, 3.05) is 0 Å². The molecule has 0 unspecified atom stereocenters. The summed E-state index contributed by atoms with van der Waals surface area (Å²) in [6, 6.07) is 13.9. The second kappa shape index (κ2) is 6.52. The molecule has 0 aliphatic carbocycles. The van der Waals surface area contributed by atoms with E-state index in [9.17, 15) is 9.90 Å². The molecule has 2 aromatic rings. The summed E-state index contributed by atoms with van der Waals surface area (Å²) in [5.41, 5.74) is 1.07. The standard InChI is InChI=1S/C13H12O2.K/c14-13(15)9-8-11-6-3-5-10-4-1-2-7-12(10)11;/h1-7H,8-9H2,(H,14,15);/q;+1/p-1. The van der Waals surface area contributed by atoms with Crippen LogP contribution in [0.3, 0.4) is 0 Å². The van der Waals surface area contributed by atoms with Crippen molar-refractivity contribution in [1.82, 2.24) is 0 Å². The van der Waals surface area contributed by atoms with E-state index in [4.69, 9.17) is 0 Å². The van der Waals surface area contributed by atoms with Crippen molar-refractivity contribution < 1.29 is 61.3 Å². The fourth-order valence-corrected chi connectivity index (χ4v) is 1.75. The molecule has 0 atom stereocenters. The van der Waals surface area contributed by atoms with Crippen molar-refractivity contribution in [3.05, 3.63) is 48.0 Å². The minimum Gasteiger partial charge on any atom is -0.550 e. The SMILES string of the molecule is O=C([O-])CCc1cccc2ccccc12.[K+]. The summed E-state index contributed by atoms with van der Waals surface area (Å²) in [6.07, 6.45) is 0.609. The molecule has 0 aromatic heterocycles. The van der Waals surface area contributed by atoms with Gasteiger partial charge in [0.05, 0.1) is 0 Å². The fourth-order valence-electron chi connectivity index (χ4n) is 1.75. The number of hydrogen-bond acceptors (Lipinski definition) is 2. The van der Waals surface area contributed by atoms with Crippen LogP contribution in [0, 0.1) is 0 Å². The monoisotopic (exact) mass is 238 g/mol. The van der Waals surface area contributed by atoms with E-state index < -0.39 is 5.97 Å². The Bertz CT molecular complexity index is 489. The fraction of sp³-hybridized carbons (Fsp3) is 0.154. The number of aliphatic carboxylic acids is 1. The maximum atomic E-state index is 10.4. The number of carboxylic acids is 1. The molecule has 3 heteroatoms. The van der Waals surface area contributed by atoms with Crippen LogP contribution in [0.15, 0.2) is 42.5 Å². The molecule has 0 bridgehead atoms. The number of carbonyl (C=O) groups excluding carboxylic acids is 1. The van der Waals surface area contributed by atoms with Crippen LogP contribution in [0.1, 0.15) is 12.0 Å². The average Bonchev–Trinajstić information content (AvgIpc) is 2.26. The zero-order chi connectivity index (χ0) is 10.7. The molecular formula is C13H11KO2. The molecule has 76 valence electrons. The summed E-state index contributed by atoms with van der Waals surface area (Å²) in [4.78, 5) is 10.4. The first-order valence-electron chi connectivity index (χ1n) is 4.94. The molecule has 0 aliphatic heterocycles. The van der Waals surface area contributed by atoms with Crippen LogP contribution >= 0.6 is 0 Å². The molecule has 2 rings (SSSR count). The van der Waals surface area contributed by atoms with Gasteiger partial charge in [-0.1, -0.05) is 42.5 Å². The van der Waals surface area contributed by atoms with E-state index in [0.29, 0.717) is 6.42 Å². The topological polar surface area (TPSA) is 40.1 Å². The van der Waals surface area contributed by atoms with E-state index in [2.05, 4.69) is 0 Å². The van der Waals surface area contributed by atoms with Gasteiger partial charge in [-0.15, -0.1) is 0 Å². The van der Waals surface area contributed by atoms with E-state index in [-0.39, 0.29) is 57.8 Å². The largest absolute Gasteiger partial charge is 1.00 e. The first-order valence-corrected chi connectivity index (χ1v) is 4.94. The van der Waals surface area contributed by atoms with Crippen LogP contribution in [-0.4, -0.2) is 5.97 Å². The number of benzene rings is 2. The second-order valence-corrected chi connectivity index (χ2v) is 3.51. The molecule has 2 aromatic carbocycles. The summed E-state index contributed by atoms with van der Waals surface area (Å²) < 4.78 is 0. The van der Waals surface area contributed by atoms with Gasteiger partial charge < -0.3 is 9.90 Å². The van der Waals surface area contributed by atoms with Gasteiger partial charge in [-0.3, -0.25) is 0 Å². The van der Waals surface area contributed by atoms with Gasteiger partial charge >= 0.3 is 51.4 Å². The van der Waals surface area contributed by atoms with Gasteiger partial charge in [0, 0.05) is 5.97 Å². The second-order valence-electron chi connectivity index (χ2n) is 3.51.